The molecule has 9 nitrogen and oxygen atoms in total. The summed E-state index contributed by atoms with van der Waals surface area (Å²) in [6.45, 7) is 9.73. The average molecular weight is 437 g/mol. The molecule has 0 saturated carbocycles. The molecule has 0 spiro atoms. The minimum Gasteiger partial charge on any atom is -0.383 e. The Balaban J connectivity index is 2.16. The van der Waals surface area contributed by atoms with E-state index in [2.05, 4.69) is 5.32 Å². The first-order valence-electron chi connectivity index (χ1n) is 9.87. The number of nitrogens with zero attached hydrogens (tertiary/aromatic N) is 3. The third-order valence-electron chi connectivity index (χ3n) is 5.03. The van der Waals surface area contributed by atoms with Gasteiger partial charge in [0.1, 0.15) is 4.83 Å². The molecule has 2 aromatic heterocycles. The van der Waals surface area contributed by atoms with E-state index < -0.39 is 11.8 Å². The number of aromatic nitrogens is 2. The van der Waals surface area contributed by atoms with Crippen LogP contribution in [-0.2, 0) is 34.0 Å². The largest absolute Gasteiger partial charge is 0.383 e. The molecule has 0 aliphatic carbocycles. The fraction of sp³-hybridized carbons (Fsp3) is 0.600. The zero-order valence-corrected chi connectivity index (χ0v) is 18.9. The van der Waals surface area contributed by atoms with Crippen LogP contribution in [0.5, 0.6) is 0 Å². The van der Waals surface area contributed by atoms with Crippen LogP contribution in [0.15, 0.2) is 9.59 Å². The van der Waals surface area contributed by atoms with Crippen LogP contribution in [0.1, 0.15) is 31.2 Å². The van der Waals surface area contributed by atoms with Gasteiger partial charge in [0.2, 0.25) is 0 Å². The number of carbonyl (C=O) groups excluding carboxylic acids is 2. The molecule has 0 unspecified atom stereocenters. The van der Waals surface area contributed by atoms with E-state index in [4.69, 9.17) is 4.74 Å². The summed E-state index contributed by atoms with van der Waals surface area (Å²) in [4.78, 5) is 53.1. The first kappa shape index (κ1) is 22.2. The van der Waals surface area contributed by atoms with Crippen LogP contribution < -0.4 is 16.6 Å². The second-order valence-corrected chi connectivity index (χ2v) is 9.78. The van der Waals surface area contributed by atoms with Crippen LogP contribution in [0, 0.1) is 12.3 Å². The van der Waals surface area contributed by atoms with E-state index >= 15 is 0 Å². The number of aryl methyl sites for hydroxylation is 1. The van der Waals surface area contributed by atoms with Gasteiger partial charge < -0.3 is 15.0 Å². The van der Waals surface area contributed by atoms with E-state index in [9.17, 15) is 19.2 Å². The molecule has 3 heterocycles. The molecule has 1 aliphatic rings. The van der Waals surface area contributed by atoms with Gasteiger partial charge in [0.15, 0.2) is 0 Å². The number of rotatable bonds is 6. The standard InChI is InChI=1S/C20H28N4O5S/c1-12-13(10-22-7-6-21-15(25)17(22)27)30-18-14(12)16(26)24(11-20(2,3)4)19(28)23(18)8-9-29-5/h6-11H2,1-5H3,(H,21,25). The number of amides is 2. The molecule has 1 saturated heterocycles. The lowest BCUT2D eigenvalue weighted by atomic mass is 9.97. The lowest BCUT2D eigenvalue weighted by Crippen LogP contribution is -2.51. The Bertz CT molecular complexity index is 1110. The Labute approximate surface area is 178 Å². The van der Waals surface area contributed by atoms with Crippen molar-refractivity contribution < 1.29 is 14.3 Å². The summed E-state index contributed by atoms with van der Waals surface area (Å²) in [6.07, 6.45) is 0. The Kier molecular flexibility index (Phi) is 6.19. The molecule has 0 bridgehead atoms. The second kappa shape index (κ2) is 8.35. The molecule has 1 aliphatic heterocycles. The molecule has 2 amide bonds. The van der Waals surface area contributed by atoms with Crippen LogP contribution in [0.25, 0.3) is 10.2 Å². The van der Waals surface area contributed by atoms with Gasteiger partial charge in [-0.3, -0.25) is 23.5 Å². The van der Waals surface area contributed by atoms with Gasteiger partial charge in [-0.2, -0.15) is 0 Å². The normalized spacial score (nSPS) is 15.2. The third kappa shape index (κ3) is 4.20. The van der Waals surface area contributed by atoms with Gasteiger partial charge in [-0.1, -0.05) is 20.8 Å². The van der Waals surface area contributed by atoms with Gasteiger partial charge in [0.25, 0.3) is 5.56 Å². The van der Waals surface area contributed by atoms with Gasteiger partial charge in [-0.15, -0.1) is 11.3 Å². The van der Waals surface area contributed by atoms with Gasteiger partial charge in [0.05, 0.1) is 25.1 Å². The fourth-order valence-corrected chi connectivity index (χ4v) is 4.87. The first-order chi connectivity index (χ1) is 14.0. The van der Waals surface area contributed by atoms with E-state index in [0.717, 1.165) is 10.4 Å². The van der Waals surface area contributed by atoms with Crippen LogP contribution in [0.4, 0.5) is 0 Å². The highest BCUT2D eigenvalue weighted by Gasteiger charge is 2.28. The summed E-state index contributed by atoms with van der Waals surface area (Å²) in [7, 11) is 1.56. The van der Waals surface area contributed by atoms with Gasteiger partial charge in [-0.25, -0.2) is 4.79 Å². The van der Waals surface area contributed by atoms with Crippen molar-refractivity contribution in [2.24, 2.45) is 5.41 Å². The number of methoxy groups -OCH3 is 1. The zero-order chi connectivity index (χ0) is 22.2. The topological polar surface area (TPSA) is 103 Å². The Morgan fingerprint density at radius 2 is 1.83 bits per heavy atom. The molecule has 0 atom stereocenters. The summed E-state index contributed by atoms with van der Waals surface area (Å²) in [6, 6.07) is 0. The minimum absolute atomic E-state index is 0.231. The van der Waals surface area contributed by atoms with Crippen molar-refractivity contribution in [1.29, 1.82) is 0 Å². The van der Waals surface area contributed by atoms with Crippen molar-refractivity contribution in [2.75, 3.05) is 26.8 Å². The number of hydrogen-bond acceptors (Lipinski definition) is 6. The summed E-state index contributed by atoms with van der Waals surface area (Å²) in [5.74, 6) is -1.20. The maximum Gasteiger partial charge on any atom is 0.332 e. The molecule has 2 aromatic rings. The van der Waals surface area contributed by atoms with Crippen molar-refractivity contribution in [3.05, 3.63) is 31.3 Å². The van der Waals surface area contributed by atoms with Crippen molar-refractivity contribution in [3.63, 3.8) is 0 Å². The van der Waals surface area contributed by atoms with Gasteiger partial charge in [-0.05, 0) is 17.9 Å². The lowest BCUT2D eigenvalue weighted by molar-refractivity contribution is -0.148. The highest BCUT2D eigenvalue weighted by Crippen LogP contribution is 2.29. The van der Waals surface area contributed by atoms with E-state index in [1.54, 1.807) is 11.7 Å². The summed E-state index contributed by atoms with van der Waals surface area (Å²) < 4.78 is 8.04. The molecular formula is C20H28N4O5S. The average Bonchev–Trinajstić information content (AvgIpc) is 2.98. The number of fused-ring (bicyclic) bond motifs is 1. The first-order valence-corrected chi connectivity index (χ1v) is 10.7. The van der Waals surface area contributed by atoms with E-state index in [1.165, 1.54) is 20.8 Å². The third-order valence-corrected chi connectivity index (χ3v) is 6.33. The summed E-state index contributed by atoms with van der Waals surface area (Å²) >= 11 is 1.32. The summed E-state index contributed by atoms with van der Waals surface area (Å²) in [5, 5.41) is 3.02. The van der Waals surface area contributed by atoms with Crippen molar-refractivity contribution in [1.82, 2.24) is 19.4 Å². The van der Waals surface area contributed by atoms with Crippen LogP contribution in [0.2, 0.25) is 0 Å². The number of carbonyl (C=O) groups is 2. The molecule has 30 heavy (non-hydrogen) atoms. The Hall–Kier alpha value is -2.46. The molecule has 0 radical (unpaired) electrons. The van der Waals surface area contributed by atoms with Crippen molar-refractivity contribution in [3.8, 4) is 0 Å². The highest BCUT2D eigenvalue weighted by atomic mass is 32.1. The Morgan fingerprint density at radius 1 is 1.13 bits per heavy atom. The van der Waals surface area contributed by atoms with Crippen LogP contribution in [0.3, 0.4) is 0 Å². The Morgan fingerprint density at radius 3 is 2.47 bits per heavy atom. The van der Waals surface area contributed by atoms with Crippen LogP contribution in [-0.4, -0.2) is 52.7 Å². The number of thiophene rings is 1. The van der Waals surface area contributed by atoms with Crippen LogP contribution >= 0.6 is 11.3 Å². The number of piperazine rings is 1. The second-order valence-electron chi connectivity index (χ2n) is 8.69. The van der Waals surface area contributed by atoms with Crippen molar-refractivity contribution in [2.45, 2.75) is 47.3 Å². The quantitative estimate of drug-likeness (QED) is 0.671. The highest BCUT2D eigenvalue weighted by molar-refractivity contribution is 7.18. The minimum atomic E-state index is -0.621. The van der Waals surface area contributed by atoms with Crippen molar-refractivity contribution >= 4 is 33.4 Å². The maximum atomic E-state index is 13.3. The van der Waals surface area contributed by atoms with Gasteiger partial charge in [0, 0.05) is 31.6 Å². The van der Waals surface area contributed by atoms with E-state index in [0.29, 0.717) is 43.0 Å². The molecule has 3 rings (SSSR count). The summed E-state index contributed by atoms with van der Waals surface area (Å²) in [5.41, 5.74) is -0.189. The smallest absolute Gasteiger partial charge is 0.332 e. The predicted molar refractivity (Wildman–Crippen MR) is 115 cm³/mol. The lowest BCUT2D eigenvalue weighted by Gasteiger charge is -2.26. The van der Waals surface area contributed by atoms with Gasteiger partial charge >= 0.3 is 17.5 Å². The molecule has 0 aromatic carbocycles. The molecule has 1 N–H and O–H groups in total. The molecular weight excluding hydrogens is 408 g/mol. The number of ether oxygens (including phenoxy) is 1. The fourth-order valence-electron chi connectivity index (χ4n) is 3.53. The molecule has 164 valence electrons. The van der Waals surface area contributed by atoms with E-state index in [1.807, 2.05) is 27.7 Å². The van der Waals surface area contributed by atoms with E-state index in [-0.39, 0.29) is 23.2 Å². The zero-order valence-electron chi connectivity index (χ0n) is 18.0. The maximum absolute atomic E-state index is 13.3. The molecule has 10 heteroatoms. The number of hydrogen-bond donors (Lipinski definition) is 1. The number of nitrogens with one attached hydrogen (secondary N) is 1. The predicted octanol–water partition coefficient (Wildman–Crippen LogP) is 0.684. The monoisotopic (exact) mass is 436 g/mol. The SMILES string of the molecule is COCCn1c(=O)n(CC(C)(C)C)c(=O)c2c(C)c(CN3CCNC(=O)C3=O)sc21. The molecule has 1 fully saturated rings.